The van der Waals surface area contributed by atoms with Crippen molar-refractivity contribution in [3.63, 3.8) is 0 Å². The Balaban J connectivity index is 1.72. The lowest BCUT2D eigenvalue weighted by molar-refractivity contribution is -0.141. The zero-order valence-electron chi connectivity index (χ0n) is 23.7. The summed E-state index contributed by atoms with van der Waals surface area (Å²) in [6, 6.07) is 14.4. The standard InChI is InChI=1S/C30H43N3O5S/c1-5-24-16-18-27(19-17-24)33(39(4,36)37)20-10-15-29(34)32(22-25-11-9-14-28(21-25)38-3)23(2)30(35)31-26-12-7-6-8-13-26/h9,11,14,16-19,21,23,26H,5-8,10,12-13,15,20,22H2,1-4H3,(H,31,35)/t23-/m1/s1. The summed E-state index contributed by atoms with van der Waals surface area (Å²) in [4.78, 5) is 28.3. The third kappa shape index (κ3) is 8.98. The van der Waals surface area contributed by atoms with Crippen molar-refractivity contribution in [1.82, 2.24) is 10.2 Å². The molecular weight excluding hydrogens is 514 g/mol. The first-order valence-corrected chi connectivity index (χ1v) is 15.8. The first kappa shape index (κ1) is 30.5. The second-order valence-corrected chi connectivity index (χ2v) is 12.3. The zero-order valence-corrected chi connectivity index (χ0v) is 24.5. The van der Waals surface area contributed by atoms with E-state index < -0.39 is 16.1 Å². The van der Waals surface area contributed by atoms with Crippen molar-refractivity contribution in [3.05, 3.63) is 59.7 Å². The van der Waals surface area contributed by atoms with Gasteiger partial charge in [0.2, 0.25) is 21.8 Å². The summed E-state index contributed by atoms with van der Waals surface area (Å²) in [5.74, 6) is 0.322. The van der Waals surface area contributed by atoms with Crippen LogP contribution in [0.15, 0.2) is 48.5 Å². The molecule has 0 aromatic heterocycles. The third-order valence-corrected chi connectivity index (χ3v) is 8.58. The van der Waals surface area contributed by atoms with Crippen LogP contribution >= 0.6 is 0 Å². The van der Waals surface area contributed by atoms with E-state index in [1.165, 1.54) is 17.0 Å². The molecule has 1 atom stereocenters. The number of sulfonamides is 1. The molecular formula is C30H43N3O5S. The van der Waals surface area contributed by atoms with Crippen LogP contribution in [-0.4, -0.2) is 57.1 Å². The fraction of sp³-hybridized carbons (Fsp3) is 0.533. The average molecular weight is 558 g/mol. The minimum absolute atomic E-state index is 0.115. The van der Waals surface area contributed by atoms with Gasteiger partial charge in [0, 0.05) is 25.6 Å². The lowest BCUT2D eigenvalue weighted by Crippen LogP contribution is -2.50. The van der Waals surface area contributed by atoms with E-state index in [0.717, 1.165) is 43.2 Å². The Morgan fingerprint density at radius 3 is 2.36 bits per heavy atom. The van der Waals surface area contributed by atoms with E-state index in [-0.39, 0.29) is 37.4 Å². The van der Waals surface area contributed by atoms with Gasteiger partial charge in [0.15, 0.2) is 0 Å². The van der Waals surface area contributed by atoms with Crippen LogP contribution in [0.1, 0.15) is 69.9 Å². The van der Waals surface area contributed by atoms with Gasteiger partial charge >= 0.3 is 0 Å². The second-order valence-electron chi connectivity index (χ2n) is 10.4. The number of benzene rings is 2. The molecule has 9 heteroatoms. The van der Waals surface area contributed by atoms with E-state index >= 15 is 0 Å². The lowest BCUT2D eigenvalue weighted by atomic mass is 9.95. The van der Waals surface area contributed by atoms with Gasteiger partial charge in [0.25, 0.3) is 0 Å². The van der Waals surface area contributed by atoms with Crippen LogP contribution in [0.4, 0.5) is 5.69 Å². The average Bonchev–Trinajstić information content (AvgIpc) is 2.93. The minimum atomic E-state index is -3.53. The number of methoxy groups -OCH3 is 1. The van der Waals surface area contributed by atoms with Crippen molar-refractivity contribution in [2.24, 2.45) is 0 Å². The van der Waals surface area contributed by atoms with E-state index in [9.17, 15) is 18.0 Å². The molecule has 1 aliphatic carbocycles. The summed E-state index contributed by atoms with van der Waals surface area (Å²) in [5.41, 5.74) is 2.56. The Kier molecular flexibility index (Phi) is 11.2. The van der Waals surface area contributed by atoms with Gasteiger partial charge in [0.05, 0.1) is 19.1 Å². The van der Waals surface area contributed by atoms with Crippen molar-refractivity contribution < 1.29 is 22.7 Å². The topological polar surface area (TPSA) is 96.0 Å². The predicted octanol–water partition coefficient (Wildman–Crippen LogP) is 4.67. The van der Waals surface area contributed by atoms with Crippen LogP contribution in [-0.2, 0) is 32.6 Å². The fourth-order valence-electron chi connectivity index (χ4n) is 5.02. The smallest absolute Gasteiger partial charge is 0.242 e. The van der Waals surface area contributed by atoms with Gasteiger partial charge in [-0.05, 0) is 68.0 Å². The SMILES string of the molecule is CCc1ccc(N(CCCC(=O)N(Cc2cccc(OC)c2)[C@H](C)C(=O)NC2CCCCC2)S(C)(=O)=O)cc1. The van der Waals surface area contributed by atoms with Crippen molar-refractivity contribution in [3.8, 4) is 5.75 Å². The molecule has 1 aliphatic rings. The molecule has 1 saturated carbocycles. The second kappa shape index (κ2) is 14.4. The molecule has 0 heterocycles. The van der Waals surface area contributed by atoms with E-state index in [0.29, 0.717) is 17.9 Å². The maximum absolute atomic E-state index is 13.5. The van der Waals surface area contributed by atoms with E-state index in [1.807, 2.05) is 43.3 Å². The highest BCUT2D eigenvalue weighted by atomic mass is 32.2. The number of hydrogen-bond donors (Lipinski definition) is 1. The third-order valence-electron chi connectivity index (χ3n) is 7.39. The van der Waals surface area contributed by atoms with Gasteiger partial charge in [-0.2, -0.15) is 0 Å². The molecule has 0 radical (unpaired) electrons. The number of anilines is 1. The van der Waals surface area contributed by atoms with Crippen LogP contribution in [0.2, 0.25) is 0 Å². The summed E-state index contributed by atoms with van der Waals surface area (Å²) in [5, 5.41) is 3.14. The monoisotopic (exact) mass is 557 g/mol. The largest absolute Gasteiger partial charge is 0.497 e. The maximum atomic E-state index is 13.5. The molecule has 2 aromatic carbocycles. The van der Waals surface area contributed by atoms with Gasteiger partial charge in [-0.15, -0.1) is 0 Å². The number of hydrogen-bond acceptors (Lipinski definition) is 5. The Morgan fingerprint density at radius 1 is 1.05 bits per heavy atom. The molecule has 3 rings (SSSR count). The molecule has 0 saturated heterocycles. The van der Waals surface area contributed by atoms with Crippen LogP contribution in [0, 0.1) is 0 Å². The molecule has 2 aromatic rings. The number of amides is 2. The maximum Gasteiger partial charge on any atom is 0.242 e. The fourth-order valence-corrected chi connectivity index (χ4v) is 5.99. The lowest BCUT2D eigenvalue weighted by Gasteiger charge is -2.31. The highest BCUT2D eigenvalue weighted by Gasteiger charge is 2.28. The van der Waals surface area contributed by atoms with Crippen LogP contribution < -0.4 is 14.4 Å². The normalized spacial score (nSPS) is 14.9. The molecule has 214 valence electrons. The number of carbonyl (C=O) groups excluding carboxylic acids is 2. The van der Waals surface area contributed by atoms with Crippen LogP contribution in [0.5, 0.6) is 5.75 Å². The first-order chi connectivity index (χ1) is 18.6. The summed E-state index contributed by atoms with van der Waals surface area (Å²) >= 11 is 0. The van der Waals surface area contributed by atoms with Crippen molar-refractivity contribution >= 4 is 27.5 Å². The van der Waals surface area contributed by atoms with E-state index in [2.05, 4.69) is 5.32 Å². The van der Waals surface area contributed by atoms with Crippen molar-refractivity contribution in [1.29, 1.82) is 0 Å². The molecule has 0 unspecified atom stereocenters. The highest BCUT2D eigenvalue weighted by Crippen LogP contribution is 2.22. The van der Waals surface area contributed by atoms with Gasteiger partial charge in [-0.25, -0.2) is 8.42 Å². The zero-order chi connectivity index (χ0) is 28.4. The Labute approximate surface area is 233 Å². The molecule has 0 spiro atoms. The molecule has 2 amide bonds. The number of rotatable bonds is 13. The number of carbonyl (C=O) groups is 2. The van der Waals surface area contributed by atoms with Crippen LogP contribution in [0.25, 0.3) is 0 Å². The number of ether oxygens (including phenoxy) is 1. The first-order valence-electron chi connectivity index (χ1n) is 13.9. The molecule has 0 bridgehead atoms. The number of aryl methyl sites for hydroxylation is 1. The van der Waals surface area contributed by atoms with Gasteiger partial charge in [-0.1, -0.05) is 50.5 Å². The summed E-state index contributed by atoms with van der Waals surface area (Å²) in [7, 11) is -1.94. The molecule has 1 fully saturated rings. The quantitative estimate of drug-likeness (QED) is 0.386. The summed E-state index contributed by atoms with van der Waals surface area (Å²) in [6.45, 7) is 4.23. The summed E-state index contributed by atoms with van der Waals surface area (Å²) < 4.78 is 31.8. The predicted molar refractivity (Wildman–Crippen MR) is 155 cm³/mol. The van der Waals surface area contributed by atoms with Crippen LogP contribution in [0.3, 0.4) is 0 Å². The van der Waals surface area contributed by atoms with E-state index in [1.54, 1.807) is 31.1 Å². The molecule has 8 nitrogen and oxygen atoms in total. The van der Waals surface area contributed by atoms with Gasteiger partial charge in [0.1, 0.15) is 11.8 Å². The molecule has 0 aliphatic heterocycles. The van der Waals surface area contributed by atoms with Crippen molar-refractivity contribution in [2.75, 3.05) is 24.2 Å². The Hall–Kier alpha value is -3.07. The van der Waals surface area contributed by atoms with Gasteiger partial charge in [-0.3, -0.25) is 13.9 Å². The van der Waals surface area contributed by atoms with Crippen molar-refractivity contribution in [2.45, 2.75) is 83.8 Å². The Bertz CT molecular complexity index is 1190. The number of nitrogens with one attached hydrogen (secondary N) is 1. The summed E-state index contributed by atoms with van der Waals surface area (Å²) in [6.07, 6.45) is 7.80. The molecule has 39 heavy (non-hydrogen) atoms. The minimum Gasteiger partial charge on any atom is -0.497 e. The molecule has 1 N–H and O–H groups in total. The van der Waals surface area contributed by atoms with Gasteiger partial charge < -0.3 is 15.0 Å². The Morgan fingerprint density at radius 2 is 1.74 bits per heavy atom. The van der Waals surface area contributed by atoms with E-state index in [4.69, 9.17) is 4.74 Å². The highest BCUT2D eigenvalue weighted by molar-refractivity contribution is 7.92. The number of nitrogens with zero attached hydrogens (tertiary/aromatic N) is 2.